The van der Waals surface area contributed by atoms with Crippen LogP contribution in [-0.4, -0.2) is 46.6 Å². The van der Waals surface area contributed by atoms with E-state index in [2.05, 4.69) is 25.2 Å². The molecule has 7 nitrogen and oxygen atoms in total. The third-order valence-corrected chi connectivity index (χ3v) is 6.17. The fourth-order valence-corrected chi connectivity index (χ4v) is 3.97. The number of benzene rings is 1. The topological polar surface area (TPSA) is 98.9 Å². The summed E-state index contributed by atoms with van der Waals surface area (Å²) in [5, 5.41) is 3.88. The van der Waals surface area contributed by atoms with E-state index in [1.54, 1.807) is 18.5 Å². The van der Waals surface area contributed by atoms with Gasteiger partial charge in [0.1, 0.15) is 12.2 Å². The third-order valence-electron chi connectivity index (χ3n) is 5.43. The Morgan fingerprint density at radius 1 is 1.24 bits per heavy atom. The Morgan fingerprint density at radius 2 is 2.03 bits per heavy atom. The van der Waals surface area contributed by atoms with Crippen molar-refractivity contribution in [3.63, 3.8) is 0 Å². The number of hydrogen-bond acceptors (Lipinski definition) is 5. The van der Waals surface area contributed by atoms with Gasteiger partial charge in [-0.15, -0.1) is 0 Å². The zero-order valence-electron chi connectivity index (χ0n) is 15.8. The number of likely N-dealkylation sites (tertiary alicyclic amines) is 1. The van der Waals surface area contributed by atoms with Crippen LogP contribution in [0, 0.1) is 0 Å². The molecule has 0 bridgehead atoms. The van der Waals surface area contributed by atoms with Gasteiger partial charge in [0, 0.05) is 37.1 Å². The molecule has 4 N–H and O–H groups in total. The van der Waals surface area contributed by atoms with Crippen LogP contribution in [0.3, 0.4) is 0 Å². The van der Waals surface area contributed by atoms with Gasteiger partial charge in [-0.1, -0.05) is 29.3 Å². The van der Waals surface area contributed by atoms with Crippen molar-refractivity contribution in [3.8, 4) is 0 Å². The summed E-state index contributed by atoms with van der Waals surface area (Å²) in [6.07, 6.45) is 4.57. The maximum absolute atomic E-state index is 12.8. The molecule has 2 aliphatic rings. The van der Waals surface area contributed by atoms with E-state index >= 15 is 0 Å². The van der Waals surface area contributed by atoms with Gasteiger partial charge in [-0.05, 0) is 36.6 Å². The van der Waals surface area contributed by atoms with Crippen LogP contribution in [0.5, 0.6) is 0 Å². The molecule has 2 aliphatic heterocycles. The predicted octanol–water partition coefficient (Wildman–Crippen LogP) is 2.72. The lowest BCUT2D eigenvalue weighted by atomic mass is 9.87. The molecule has 1 aromatic carbocycles. The highest BCUT2D eigenvalue weighted by molar-refractivity contribution is 6.42. The van der Waals surface area contributed by atoms with Gasteiger partial charge in [0.25, 0.3) is 0 Å². The predicted molar refractivity (Wildman–Crippen MR) is 116 cm³/mol. The van der Waals surface area contributed by atoms with Crippen molar-refractivity contribution in [1.29, 1.82) is 0 Å². The summed E-state index contributed by atoms with van der Waals surface area (Å²) in [6.45, 7) is 2.23. The highest BCUT2D eigenvalue weighted by Crippen LogP contribution is 2.25. The maximum Gasteiger partial charge on any atom is 0.240 e. The lowest BCUT2D eigenvalue weighted by Crippen LogP contribution is -2.60. The van der Waals surface area contributed by atoms with Crippen molar-refractivity contribution in [2.24, 2.45) is 15.7 Å². The first-order chi connectivity index (χ1) is 14.0. The van der Waals surface area contributed by atoms with Crippen molar-refractivity contribution < 1.29 is 4.79 Å². The summed E-state index contributed by atoms with van der Waals surface area (Å²) in [7, 11) is 0. The molecular formula is C20H22Cl2N6O. The number of amides is 1. The molecule has 1 fully saturated rings. The monoisotopic (exact) mass is 432 g/mol. The number of nitrogens with one attached hydrogen (secondary N) is 2. The van der Waals surface area contributed by atoms with Gasteiger partial charge in [-0.25, -0.2) is 4.99 Å². The van der Waals surface area contributed by atoms with E-state index in [0.29, 0.717) is 49.1 Å². The standard InChI is InChI=1S/C20H22Cl2N6O/c21-15-2-1-13(9-16(15)22)10-26-19(29)20(23)4-7-28(8-5-20)18-14-3-6-25-17(14)11-24-12-27-18/h1-3,6,9,12,25H,4-5,7-8,10-11,23H2,(H,26,29). The zero-order valence-corrected chi connectivity index (χ0v) is 17.3. The summed E-state index contributed by atoms with van der Waals surface area (Å²) >= 11 is 12.0. The van der Waals surface area contributed by atoms with E-state index in [1.807, 2.05) is 18.3 Å². The van der Waals surface area contributed by atoms with Gasteiger partial charge in [0.15, 0.2) is 0 Å². The number of fused-ring (bicyclic) bond motifs is 1. The minimum absolute atomic E-state index is 0.157. The average Bonchev–Trinajstić information content (AvgIpc) is 3.09. The summed E-state index contributed by atoms with van der Waals surface area (Å²) < 4.78 is 0. The van der Waals surface area contributed by atoms with Crippen LogP contribution in [0.25, 0.3) is 0 Å². The molecule has 0 spiro atoms. The molecule has 4 rings (SSSR count). The van der Waals surface area contributed by atoms with Crippen LogP contribution < -0.4 is 11.1 Å². The Bertz CT molecular complexity index is 975. The molecule has 29 heavy (non-hydrogen) atoms. The van der Waals surface area contributed by atoms with Crippen molar-refractivity contribution in [3.05, 3.63) is 57.3 Å². The molecule has 0 aliphatic carbocycles. The molecule has 1 saturated heterocycles. The second kappa shape index (κ2) is 8.18. The van der Waals surface area contributed by atoms with Gasteiger partial charge >= 0.3 is 0 Å². The number of carbonyl (C=O) groups is 1. The van der Waals surface area contributed by atoms with Crippen molar-refractivity contribution >= 4 is 41.3 Å². The normalized spacial score (nSPS) is 18.0. The first kappa shape index (κ1) is 19.9. The summed E-state index contributed by atoms with van der Waals surface area (Å²) in [4.78, 5) is 26.9. The lowest BCUT2D eigenvalue weighted by molar-refractivity contribution is -0.127. The minimum atomic E-state index is -0.910. The first-order valence-corrected chi connectivity index (χ1v) is 10.2. The lowest BCUT2D eigenvalue weighted by Gasteiger charge is -2.39. The number of halogens is 2. The number of nitrogens with two attached hydrogens (primary N) is 1. The summed E-state index contributed by atoms with van der Waals surface area (Å²) in [6, 6.07) is 7.31. The van der Waals surface area contributed by atoms with Crippen LogP contribution in [0.1, 0.15) is 29.7 Å². The molecule has 3 heterocycles. The van der Waals surface area contributed by atoms with Crippen LogP contribution in [-0.2, 0) is 17.9 Å². The largest absolute Gasteiger partial charge is 0.363 e. The molecule has 0 atom stereocenters. The number of aromatic nitrogens is 1. The van der Waals surface area contributed by atoms with E-state index < -0.39 is 5.54 Å². The number of amidine groups is 1. The molecule has 152 valence electrons. The molecule has 1 aromatic heterocycles. The second-order valence-corrected chi connectivity index (χ2v) is 8.17. The Kier molecular flexibility index (Phi) is 5.63. The number of piperidine rings is 1. The van der Waals surface area contributed by atoms with Crippen molar-refractivity contribution in [2.45, 2.75) is 31.5 Å². The quantitative estimate of drug-likeness (QED) is 0.694. The van der Waals surface area contributed by atoms with Gasteiger partial charge in [0.05, 0.1) is 22.1 Å². The van der Waals surface area contributed by atoms with Crippen LogP contribution in [0.15, 0.2) is 40.4 Å². The Labute approximate surface area is 179 Å². The minimum Gasteiger partial charge on any atom is -0.363 e. The van der Waals surface area contributed by atoms with Crippen molar-refractivity contribution in [2.75, 3.05) is 13.1 Å². The summed E-state index contributed by atoms with van der Waals surface area (Å²) in [5.74, 6) is 0.718. The van der Waals surface area contributed by atoms with Gasteiger partial charge in [0.2, 0.25) is 5.91 Å². The van der Waals surface area contributed by atoms with Crippen LogP contribution >= 0.6 is 23.2 Å². The van der Waals surface area contributed by atoms with E-state index in [9.17, 15) is 4.79 Å². The number of aromatic amines is 1. The highest BCUT2D eigenvalue weighted by atomic mass is 35.5. The fourth-order valence-electron chi connectivity index (χ4n) is 3.65. The highest BCUT2D eigenvalue weighted by Gasteiger charge is 2.38. The number of H-pyrrole nitrogens is 1. The number of nitrogens with zero attached hydrogens (tertiary/aromatic N) is 3. The average molecular weight is 433 g/mol. The Balaban J connectivity index is 1.38. The SMILES string of the molecule is NC1(C(=O)NCc2ccc(Cl)c(Cl)c2)CCN(C2=NC=NCc3[nH]ccc32)CC1. The molecule has 0 radical (unpaired) electrons. The molecule has 2 aromatic rings. The van der Waals surface area contributed by atoms with E-state index in [-0.39, 0.29) is 5.91 Å². The van der Waals surface area contributed by atoms with E-state index in [4.69, 9.17) is 28.9 Å². The summed E-state index contributed by atoms with van der Waals surface area (Å²) in [5.41, 5.74) is 8.52. The van der Waals surface area contributed by atoms with Crippen molar-refractivity contribution in [1.82, 2.24) is 15.2 Å². The molecule has 0 unspecified atom stereocenters. The van der Waals surface area contributed by atoms with Crippen LogP contribution in [0.2, 0.25) is 10.0 Å². The molecule has 0 saturated carbocycles. The van der Waals surface area contributed by atoms with Gasteiger partial charge in [-0.2, -0.15) is 0 Å². The van der Waals surface area contributed by atoms with E-state index in [0.717, 1.165) is 22.7 Å². The van der Waals surface area contributed by atoms with Gasteiger partial charge in [-0.3, -0.25) is 9.79 Å². The fraction of sp³-hybridized carbons (Fsp3) is 0.350. The van der Waals surface area contributed by atoms with Crippen LogP contribution in [0.4, 0.5) is 0 Å². The Morgan fingerprint density at radius 3 is 2.79 bits per heavy atom. The Hall–Kier alpha value is -2.35. The number of aliphatic imine (C=N–C) groups is 2. The number of rotatable bonds is 3. The molecular weight excluding hydrogens is 411 g/mol. The number of carbonyl (C=O) groups excluding carboxylic acids is 1. The molecule has 1 amide bonds. The van der Waals surface area contributed by atoms with Gasteiger partial charge < -0.3 is 20.9 Å². The zero-order chi connectivity index (χ0) is 20.4. The first-order valence-electron chi connectivity index (χ1n) is 9.45. The smallest absolute Gasteiger partial charge is 0.240 e. The third kappa shape index (κ3) is 4.17. The second-order valence-electron chi connectivity index (χ2n) is 7.35. The molecule has 9 heteroatoms. The number of hydrogen-bond donors (Lipinski definition) is 3. The van der Waals surface area contributed by atoms with E-state index in [1.165, 1.54) is 0 Å². The maximum atomic E-state index is 12.8.